The largest absolute Gasteiger partial charge is 0.457 e. The molecule has 3 aromatic rings. The summed E-state index contributed by atoms with van der Waals surface area (Å²) >= 11 is 5.27. The van der Waals surface area contributed by atoms with Gasteiger partial charge < -0.3 is 4.74 Å². The third-order valence-electron chi connectivity index (χ3n) is 4.74. The number of nitrogens with one attached hydrogen (secondary N) is 1. The van der Waals surface area contributed by atoms with Crippen LogP contribution in [0.3, 0.4) is 0 Å². The Morgan fingerprint density at radius 2 is 1.47 bits per heavy atom. The Kier molecular flexibility index (Phi) is 6.24. The number of amides is 2. The summed E-state index contributed by atoms with van der Waals surface area (Å²) < 4.78 is 5.80. The Bertz CT molecular complexity index is 1220. The number of hydrogen-bond acceptors (Lipinski definition) is 4. The van der Waals surface area contributed by atoms with Crippen molar-refractivity contribution in [2.45, 2.75) is 6.92 Å². The molecule has 32 heavy (non-hydrogen) atoms. The minimum absolute atomic E-state index is 0.0212. The molecule has 0 atom stereocenters. The smallest absolute Gasteiger partial charge is 0.270 e. The Morgan fingerprint density at radius 1 is 0.875 bits per heavy atom. The Labute approximate surface area is 191 Å². The van der Waals surface area contributed by atoms with Crippen molar-refractivity contribution in [3.63, 3.8) is 0 Å². The fourth-order valence-electron chi connectivity index (χ4n) is 3.26. The van der Waals surface area contributed by atoms with Gasteiger partial charge in [0.25, 0.3) is 11.8 Å². The molecular formula is C26H20N2O3S. The molecule has 0 spiro atoms. The Balaban J connectivity index is 1.57. The number of allylic oxidation sites excluding steroid dienone is 2. The lowest BCUT2D eigenvalue weighted by molar-refractivity contribution is -0.122. The fourth-order valence-corrected chi connectivity index (χ4v) is 3.54. The van der Waals surface area contributed by atoms with E-state index in [1.807, 2.05) is 73.7 Å². The maximum Gasteiger partial charge on any atom is 0.270 e. The number of carbonyl (C=O) groups excluding carboxylic acids is 2. The number of anilines is 1. The van der Waals surface area contributed by atoms with Gasteiger partial charge in [-0.25, -0.2) is 0 Å². The van der Waals surface area contributed by atoms with Crippen LogP contribution < -0.4 is 15.0 Å². The van der Waals surface area contributed by atoms with E-state index < -0.39 is 11.8 Å². The second-order valence-electron chi connectivity index (χ2n) is 7.17. The van der Waals surface area contributed by atoms with E-state index in [9.17, 15) is 9.59 Å². The van der Waals surface area contributed by atoms with Crippen LogP contribution in [0, 0.1) is 0 Å². The molecule has 3 aromatic carbocycles. The van der Waals surface area contributed by atoms with Crippen molar-refractivity contribution >= 4 is 40.9 Å². The van der Waals surface area contributed by atoms with Crippen molar-refractivity contribution < 1.29 is 14.3 Å². The number of hydrogen-bond donors (Lipinski definition) is 1. The second-order valence-corrected chi connectivity index (χ2v) is 7.55. The van der Waals surface area contributed by atoms with Crippen LogP contribution in [0.25, 0.3) is 6.08 Å². The van der Waals surface area contributed by atoms with Crippen LogP contribution in [0.4, 0.5) is 5.69 Å². The van der Waals surface area contributed by atoms with Gasteiger partial charge in [0.1, 0.15) is 17.1 Å². The van der Waals surface area contributed by atoms with E-state index in [1.165, 1.54) is 4.90 Å². The minimum Gasteiger partial charge on any atom is -0.457 e. The number of para-hydroxylation sites is 1. The standard InChI is InChI=1S/C26H20N2O3S/c1-18(16-19-8-4-2-5-9-19)17-23-24(29)27-26(32)28(25(23)30)20-12-14-22(15-13-20)31-21-10-6-3-7-11-21/h2-17H,1H3,(H,27,29,32)/b18-16-,23-17+. The van der Waals surface area contributed by atoms with Crippen LogP contribution >= 0.6 is 12.2 Å². The quantitative estimate of drug-likeness (QED) is 0.334. The third kappa shape index (κ3) is 4.82. The Morgan fingerprint density at radius 3 is 2.12 bits per heavy atom. The summed E-state index contributed by atoms with van der Waals surface area (Å²) in [5.41, 5.74) is 2.31. The maximum absolute atomic E-state index is 13.2. The molecule has 1 N–H and O–H groups in total. The molecule has 1 heterocycles. The second kappa shape index (κ2) is 9.41. The van der Waals surface area contributed by atoms with E-state index in [1.54, 1.807) is 30.3 Å². The third-order valence-corrected chi connectivity index (χ3v) is 5.03. The molecule has 4 rings (SSSR count). The van der Waals surface area contributed by atoms with E-state index in [2.05, 4.69) is 5.32 Å². The van der Waals surface area contributed by atoms with Crippen LogP contribution in [0.5, 0.6) is 11.5 Å². The molecule has 0 aromatic heterocycles. The van der Waals surface area contributed by atoms with Gasteiger partial charge in [-0.15, -0.1) is 0 Å². The lowest BCUT2D eigenvalue weighted by Gasteiger charge is -2.29. The van der Waals surface area contributed by atoms with Gasteiger partial charge >= 0.3 is 0 Å². The molecule has 2 amide bonds. The van der Waals surface area contributed by atoms with Gasteiger partial charge in [0, 0.05) is 0 Å². The van der Waals surface area contributed by atoms with Gasteiger partial charge in [-0.3, -0.25) is 19.8 Å². The topological polar surface area (TPSA) is 58.6 Å². The van der Waals surface area contributed by atoms with Crippen molar-refractivity contribution in [2.24, 2.45) is 0 Å². The molecule has 0 saturated carbocycles. The fraction of sp³-hybridized carbons (Fsp3) is 0.0385. The van der Waals surface area contributed by atoms with E-state index in [0.29, 0.717) is 17.2 Å². The highest BCUT2D eigenvalue weighted by Crippen LogP contribution is 2.27. The van der Waals surface area contributed by atoms with E-state index >= 15 is 0 Å². The first kappa shape index (κ1) is 21.2. The number of carbonyl (C=O) groups is 2. The lowest BCUT2D eigenvalue weighted by atomic mass is 10.1. The first-order valence-corrected chi connectivity index (χ1v) is 10.4. The predicted molar refractivity (Wildman–Crippen MR) is 129 cm³/mol. The van der Waals surface area contributed by atoms with E-state index in [-0.39, 0.29) is 10.7 Å². The van der Waals surface area contributed by atoms with Crippen molar-refractivity contribution in [1.29, 1.82) is 0 Å². The van der Waals surface area contributed by atoms with Crippen molar-refractivity contribution in [1.82, 2.24) is 5.32 Å². The van der Waals surface area contributed by atoms with Crippen LogP contribution in [0.2, 0.25) is 0 Å². The first-order valence-electron chi connectivity index (χ1n) is 9.99. The normalized spacial score (nSPS) is 15.7. The molecule has 6 heteroatoms. The van der Waals surface area contributed by atoms with Crippen molar-refractivity contribution in [2.75, 3.05) is 4.90 Å². The summed E-state index contributed by atoms with van der Waals surface area (Å²) in [6.07, 6.45) is 3.48. The summed E-state index contributed by atoms with van der Waals surface area (Å²) in [5, 5.41) is 2.64. The average molecular weight is 441 g/mol. The van der Waals surface area contributed by atoms with E-state index in [0.717, 1.165) is 11.1 Å². The highest BCUT2D eigenvalue weighted by molar-refractivity contribution is 7.80. The summed E-state index contributed by atoms with van der Waals surface area (Å²) in [6.45, 7) is 1.84. The molecule has 1 aliphatic rings. The predicted octanol–water partition coefficient (Wildman–Crippen LogP) is 5.26. The van der Waals surface area contributed by atoms with Gasteiger partial charge in [0.2, 0.25) is 0 Å². The molecule has 0 bridgehead atoms. The zero-order chi connectivity index (χ0) is 22.5. The summed E-state index contributed by atoms with van der Waals surface area (Å²) in [7, 11) is 0. The molecule has 158 valence electrons. The van der Waals surface area contributed by atoms with Crippen molar-refractivity contribution in [3.05, 3.63) is 108 Å². The number of benzene rings is 3. The van der Waals surface area contributed by atoms with Gasteiger partial charge in [-0.2, -0.15) is 0 Å². The molecule has 1 saturated heterocycles. The lowest BCUT2D eigenvalue weighted by Crippen LogP contribution is -2.54. The molecule has 0 aliphatic carbocycles. The SMILES string of the molecule is CC(=C/c1ccccc1)/C=C1\C(=O)NC(=S)N(c2ccc(Oc3ccccc3)cc2)C1=O. The summed E-state index contributed by atoms with van der Waals surface area (Å²) in [4.78, 5) is 26.9. The van der Waals surface area contributed by atoms with Gasteiger partial charge in [0.05, 0.1) is 5.69 Å². The monoisotopic (exact) mass is 440 g/mol. The molecule has 1 aliphatic heterocycles. The zero-order valence-electron chi connectivity index (χ0n) is 17.3. The van der Waals surface area contributed by atoms with Gasteiger partial charge in [0.15, 0.2) is 5.11 Å². The van der Waals surface area contributed by atoms with Crippen LogP contribution in [-0.2, 0) is 9.59 Å². The average Bonchev–Trinajstić information content (AvgIpc) is 2.79. The summed E-state index contributed by atoms with van der Waals surface area (Å²) in [5.74, 6) is 0.345. The molecular weight excluding hydrogens is 420 g/mol. The number of rotatable bonds is 5. The van der Waals surface area contributed by atoms with Crippen LogP contribution in [0.1, 0.15) is 12.5 Å². The Hall–Kier alpha value is -4.03. The highest BCUT2D eigenvalue weighted by Gasteiger charge is 2.34. The number of thiocarbonyl (C=S) groups is 1. The zero-order valence-corrected chi connectivity index (χ0v) is 18.1. The van der Waals surface area contributed by atoms with E-state index in [4.69, 9.17) is 17.0 Å². The molecule has 0 radical (unpaired) electrons. The number of ether oxygens (including phenoxy) is 1. The van der Waals surface area contributed by atoms with Gasteiger partial charge in [-0.1, -0.05) is 54.6 Å². The maximum atomic E-state index is 13.2. The minimum atomic E-state index is -0.513. The van der Waals surface area contributed by atoms with Crippen LogP contribution in [0.15, 0.2) is 102 Å². The summed E-state index contributed by atoms with van der Waals surface area (Å²) in [6, 6.07) is 26.0. The highest BCUT2D eigenvalue weighted by atomic mass is 32.1. The van der Waals surface area contributed by atoms with Crippen molar-refractivity contribution in [3.8, 4) is 11.5 Å². The molecule has 1 fully saturated rings. The number of nitrogens with zero attached hydrogens (tertiary/aromatic N) is 1. The molecule has 5 nitrogen and oxygen atoms in total. The molecule has 0 unspecified atom stereocenters. The first-order chi connectivity index (χ1) is 15.5. The van der Waals surface area contributed by atoms with Gasteiger partial charge in [-0.05, 0) is 72.8 Å². The van der Waals surface area contributed by atoms with Crippen LogP contribution in [-0.4, -0.2) is 16.9 Å².